The molecule has 1 N–H and O–H groups in total. The summed E-state index contributed by atoms with van der Waals surface area (Å²) in [6.45, 7) is 4.20. The third-order valence-electron chi connectivity index (χ3n) is 4.67. The largest absolute Gasteiger partial charge is 0.490 e. The number of para-hydroxylation sites is 2. The van der Waals surface area contributed by atoms with Crippen LogP contribution in [0.1, 0.15) is 30.5 Å². The molecule has 0 heterocycles. The Bertz CT molecular complexity index is 805. The lowest BCUT2D eigenvalue weighted by Crippen LogP contribution is -2.21. The second-order valence-electron chi connectivity index (χ2n) is 6.81. The summed E-state index contributed by atoms with van der Waals surface area (Å²) in [6.07, 6.45) is 2.21. The molecule has 0 aliphatic carbocycles. The van der Waals surface area contributed by atoms with E-state index < -0.39 is 0 Å². The van der Waals surface area contributed by atoms with Gasteiger partial charge in [-0.3, -0.25) is 0 Å². The molecule has 0 amide bonds. The average molecular weight is 376 g/mol. The molecule has 0 aliphatic rings. The summed E-state index contributed by atoms with van der Waals surface area (Å²) in [5, 5.41) is 3.61. The van der Waals surface area contributed by atoms with Crippen LogP contribution in [-0.2, 0) is 6.42 Å². The molecule has 3 aromatic rings. The molecule has 28 heavy (non-hydrogen) atoms. The molecular formula is C25H29NO2. The Morgan fingerprint density at radius 1 is 0.750 bits per heavy atom. The molecule has 146 valence electrons. The highest BCUT2D eigenvalue weighted by molar-refractivity contribution is 5.35. The Hall–Kier alpha value is -2.78. The summed E-state index contributed by atoms with van der Waals surface area (Å²) in [5.41, 5.74) is 2.57. The first-order valence-corrected chi connectivity index (χ1v) is 10.00. The van der Waals surface area contributed by atoms with E-state index in [-0.39, 0.29) is 6.04 Å². The van der Waals surface area contributed by atoms with Crippen LogP contribution < -0.4 is 14.8 Å². The Morgan fingerprint density at radius 3 is 2.18 bits per heavy atom. The fraction of sp³-hybridized carbons (Fsp3) is 0.280. The molecule has 0 radical (unpaired) electrons. The molecule has 0 aliphatic heterocycles. The van der Waals surface area contributed by atoms with Crippen molar-refractivity contribution >= 4 is 0 Å². The number of nitrogens with one attached hydrogen (secondary N) is 1. The van der Waals surface area contributed by atoms with Gasteiger partial charge in [0.15, 0.2) is 0 Å². The Morgan fingerprint density at radius 2 is 1.39 bits per heavy atom. The number of hydrogen-bond acceptors (Lipinski definition) is 3. The van der Waals surface area contributed by atoms with Crippen molar-refractivity contribution in [2.24, 2.45) is 0 Å². The Kier molecular flexibility index (Phi) is 7.95. The minimum atomic E-state index is 0.238. The van der Waals surface area contributed by atoms with Gasteiger partial charge in [-0.15, -0.1) is 0 Å². The van der Waals surface area contributed by atoms with Crippen LogP contribution >= 0.6 is 0 Å². The molecule has 0 saturated heterocycles. The predicted molar refractivity (Wildman–Crippen MR) is 115 cm³/mol. The topological polar surface area (TPSA) is 30.5 Å². The van der Waals surface area contributed by atoms with Crippen LogP contribution in [0, 0.1) is 0 Å². The SMILES string of the molecule is CC(NCCCc1ccccc1)c1ccccc1OCCOc1ccccc1. The maximum Gasteiger partial charge on any atom is 0.124 e. The van der Waals surface area contributed by atoms with Crippen LogP contribution in [0.15, 0.2) is 84.9 Å². The Balaban J connectivity index is 1.43. The molecule has 3 rings (SSSR count). The molecule has 0 bridgehead atoms. The lowest BCUT2D eigenvalue weighted by Gasteiger charge is -2.18. The summed E-state index contributed by atoms with van der Waals surface area (Å²) < 4.78 is 11.7. The fourth-order valence-electron chi connectivity index (χ4n) is 3.16. The molecule has 3 aromatic carbocycles. The number of ether oxygens (including phenoxy) is 2. The van der Waals surface area contributed by atoms with Gasteiger partial charge in [0.2, 0.25) is 0 Å². The quantitative estimate of drug-likeness (QED) is 0.454. The second kappa shape index (κ2) is 11.2. The van der Waals surface area contributed by atoms with Gasteiger partial charge in [0.1, 0.15) is 24.7 Å². The van der Waals surface area contributed by atoms with Crippen molar-refractivity contribution in [3.8, 4) is 11.5 Å². The van der Waals surface area contributed by atoms with E-state index in [1.807, 2.05) is 42.5 Å². The molecule has 1 atom stereocenters. The monoisotopic (exact) mass is 375 g/mol. The lowest BCUT2D eigenvalue weighted by atomic mass is 10.1. The molecule has 0 fully saturated rings. The first-order chi connectivity index (χ1) is 13.8. The van der Waals surface area contributed by atoms with Crippen molar-refractivity contribution in [3.05, 3.63) is 96.1 Å². The third-order valence-corrected chi connectivity index (χ3v) is 4.67. The summed E-state index contributed by atoms with van der Waals surface area (Å²) in [6, 6.07) is 28.9. The number of aryl methyl sites for hydroxylation is 1. The van der Waals surface area contributed by atoms with Crippen molar-refractivity contribution in [1.82, 2.24) is 5.32 Å². The highest BCUT2D eigenvalue weighted by atomic mass is 16.5. The zero-order valence-electron chi connectivity index (χ0n) is 16.5. The van der Waals surface area contributed by atoms with Gasteiger partial charge in [0.05, 0.1) is 0 Å². The summed E-state index contributed by atoms with van der Waals surface area (Å²) in [5.74, 6) is 1.79. The van der Waals surface area contributed by atoms with Crippen molar-refractivity contribution in [2.75, 3.05) is 19.8 Å². The van der Waals surface area contributed by atoms with Gasteiger partial charge >= 0.3 is 0 Å². The molecule has 3 heteroatoms. The molecule has 3 nitrogen and oxygen atoms in total. The molecule has 1 unspecified atom stereocenters. The zero-order chi connectivity index (χ0) is 19.4. The highest BCUT2D eigenvalue weighted by Crippen LogP contribution is 2.24. The van der Waals surface area contributed by atoms with Crippen molar-refractivity contribution in [2.45, 2.75) is 25.8 Å². The van der Waals surface area contributed by atoms with E-state index in [0.717, 1.165) is 30.9 Å². The first-order valence-electron chi connectivity index (χ1n) is 10.00. The maximum atomic E-state index is 5.99. The molecular weight excluding hydrogens is 346 g/mol. The smallest absolute Gasteiger partial charge is 0.124 e. The predicted octanol–water partition coefficient (Wildman–Crippen LogP) is 5.43. The van der Waals surface area contributed by atoms with Crippen molar-refractivity contribution < 1.29 is 9.47 Å². The highest BCUT2D eigenvalue weighted by Gasteiger charge is 2.10. The summed E-state index contributed by atoms with van der Waals surface area (Å²) in [4.78, 5) is 0. The van der Waals surface area contributed by atoms with E-state index >= 15 is 0 Å². The van der Waals surface area contributed by atoms with E-state index in [0.29, 0.717) is 13.2 Å². The van der Waals surface area contributed by atoms with E-state index in [2.05, 4.69) is 54.7 Å². The zero-order valence-corrected chi connectivity index (χ0v) is 16.5. The van der Waals surface area contributed by atoms with Crippen LogP contribution in [0.5, 0.6) is 11.5 Å². The van der Waals surface area contributed by atoms with Gasteiger partial charge in [-0.05, 0) is 50.1 Å². The fourth-order valence-corrected chi connectivity index (χ4v) is 3.16. The van der Waals surface area contributed by atoms with Gasteiger partial charge in [0.25, 0.3) is 0 Å². The van der Waals surface area contributed by atoms with Crippen LogP contribution in [0.25, 0.3) is 0 Å². The van der Waals surface area contributed by atoms with Crippen LogP contribution in [0.2, 0.25) is 0 Å². The van der Waals surface area contributed by atoms with Gasteiger partial charge < -0.3 is 14.8 Å². The first kappa shape index (κ1) is 20.0. The van der Waals surface area contributed by atoms with Gasteiger partial charge in [-0.25, -0.2) is 0 Å². The Labute approximate surface area is 168 Å². The number of hydrogen-bond donors (Lipinski definition) is 1. The van der Waals surface area contributed by atoms with E-state index in [1.165, 1.54) is 11.1 Å². The van der Waals surface area contributed by atoms with Crippen LogP contribution in [0.3, 0.4) is 0 Å². The average Bonchev–Trinajstić information content (AvgIpc) is 2.76. The normalized spacial score (nSPS) is 11.8. The van der Waals surface area contributed by atoms with E-state index in [1.54, 1.807) is 0 Å². The van der Waals surface area contributed by atoms with E-state index in [4.69, 9.17) is 9.47 Å². The molecule has 0 spiro atoms. The van der Waals surface area contributed by atoms with E-state index in [9.17, 15) is 0 Å². The molecule has 0 saturated carbocycles. The summed E-state index contributed by atoms with van der Waals surface area (Å²) >= 11 is 0. The third kappa shape index (κ3) is 6.43. The minimum Gasteiger partial charge on any atom is -0.490 e. The van der Waals surface area contributed by atoms with Crippen molar-refractivity contribution in [1.29, 1.82) is 0 Å². The minimum absolute atomic E-state index is 0.238. The standard InChI is InChI=1S/C25H29NO2/c1-21(26-18-10-13-22-11-4-2-5-12-22)24-16-8-9-17-25(24)28-20-19-27-23-14-6-3-7-15-23/h2-9,11-12,14-17,21,26H,10,13,18-20H2,1H3. The number of benzene rings is 3. The maximum absolute atomic E-state index is 5.99. The second-order valence-corrected chi connectivity index (χ2v) is 6.81. The lowest BCUT2D eigenvalue weighted by molar-refractivity contribution is 0.215. The van der Waals surface area contributed by atoms with Gasteiger partial charge in [-0.2, -0.15) is 0 Å². The summed E-state index contributed by atoms with van der Waals surface area (Å²) in [7, 11) is 0. The van der Waals surface area contributed by atoms with Gasteiger partial charge in [0, 0.05) is 11.6 Å². The van der Waals surface area contributed by atoms with Gasteiger partial charge in [-0.1, -0.05) is 66.7 Å². The van der Waals surface area contributed by atoms with Crippen LogP contribution in [0.4, 0.5) is 0 Å². The van der Waals surface area contributed by atoms with Crippen molar-refractivity contribution in [3.63, 3.8) is 0 Å². The van der Waals surface area contributed by atoms with Crippen LogP contribution in [-0.4, -0.2) is 19.8 Å². The molecule has 0 aromatic heterocycles. The number of rotatable bonds is 11.